The van der Waals surface area contributed by atoms with E-state index < -0.39 is 34.4 Å². The molecule has 1 amide bonds. The average Bonchev–Trinajstić information content (AvgIpc) is 3.66. The van der Waals surface area contributed by atoms with Gasteiger partial charge in [-0.1, -0.05) is 44.2 Å². The summed E-state index contributed by atoms with van der Waals surface area (Å²) in [4.78, 5) is 13.0. The molecule has 2 aromatic carbocycles. The van der Waals surface area contributed by atoms with Gasteiger partial charge in [0.2, 0.25) is 10.0 Å². The van der Waals surface area contributed by atoms with Crippen molar-refractivity contribution in [1.29, 1.82) is 0 Å². The van der Waals surface area contributed by atoms with Crippen molar-refractivity contribution in [3.8, 4) is 0 Å². The van der Waals surface area contributed by atoms with E-state index in [0.717, 1.165) is 12.0 Å². The molecule has 0 spiro atoms. The quantitative estimate of drug-likeness (QED) is 0.263. The van der Waals surface area contributed by atoms with E-state index in [9.17, 15) is 18.3 Å². The van der Waals surface area contributed by atoms with Crippen molar-refractivity contribution in [2.45, 2.75) is 56.1 Å². The second kappa shape index (κ2) is 12.3. The van der Waals surface area contributed by atoms with Crippen LogP contribution in [0.5, 0.6) is 0 Å². The monoisotopic (exact) mass is 587 g/mol. The molecule has 3 aromatic rings. The predicted molar refractivity (Wildman–Crippen MR) is 151 cm³/mol. The van der Waals surface area contributed by atoms with E-state index in [4.69, 9.17) is 19.9 Å². The zero-order chi connectivity index (χ0) is 29.1. The van der Waals surface area contributed by atoms with Gasteiger partial charge in [0.15, 0.2) is 12.1 Å². The number of anilines is 1. The molecule has 222 valence electrons. The number of nitrogens with zero attached hydrogens (tertiary/aromatic N) is 2. The van der Waals surface area contributed by atoms with Gasteiger partial charge in [0.1, 0.15) is 6.10 Å². The SMILES string of the molecule is CC(C)CN(C[C@@H](O)[C@H](Cc1ccccc1)NC(=O)OC1CO[C@H]2OCCC12)S(=O)(=O)c1ccc2[nH]nc(N)c2c1. The van der Waals surface area contributed by atoms with Gasteiger partial charge < -0.3 is 30.4 Å². The highest BCUT2D eigenvalue weighted by Gasteiger charge is 2.44. The minimum absolute atomic E-state index is 0.0332. The summed E-state index contributed by atoms with van der Waals surface area (Å²) < 4.78 is 45.7. The molecular formula is C28H37N5O7S. The van der Waals surface area contributed by atoms with Gasteiger partial charge in [0.05, 0.1) is 41.7 Å². The molecule has 2 aliphatic heterocycles. The van der Waals surface area contributed by atoms with Crippen LogP contribution in [0.4, 0.5) is 10.6 Å². The van der Waals surface area contributed by atoms with Crippen LogP contribution >= 0.6 is 0 Å². The number of H-pyrrole nitrogens is 1. The Labute approximate surface area is 239 Å². The molecule has 3 heterocycles. The van der Waals surface area contributed by atoms with Gasteiger partial charge in [-0.15, -0.1) is 0 Å². The fraction of sp³-hybridized carbons (Fsp3) is 0.500. The maximum atomic E-state index is 13.8. The number of nitrogen functional groups attached to an aromatic ring is 1. The number of hydrogen-bond acceptors (Lipinski definition) is 9. The average molecular weight is 588 g/mol. The topological polar surface area (TPSA) is 169 Å². The number of sulfonamides is 1. The van der Waals surface area contributed by atoms with Crippen molar-refractivity contribution in [2.24, 2.45) is 11.8 Å². The van der Waals surface area contributed by atoms with E-state index in [0.29, 0.717) is 17.5 Å². The lowest BCUT2D eigenvalue weighted by Gasteiger charge is -2.31. The highest BCUT2D eigenvalue weighted by atomic mass is 32.2. The van der Waals surface area contributed by atoms with Crippen LogP contribution in [0.2, 0.25) is 0 Å². The van der Waals surface area contributed by atoms with E-state index in [2.05, 4.69) is 15.5 Å². The highest BCUT2D eigenvalue weighted by molar-refractivity contribution is 7.89. The smallest absolute Gasteiger partial charge is 0.407 e. The van der Waals surface area contributed by atoms with Crippen LogP contribution in [0.25, 0.3) is 10.9 Å². The van der Waals surface area contributed by atoms with E-state index in [1.165, 1.54) is 16.4 Å². The molecule has 2 saturated heterocycles. The number of aromatic amines is 1. The number of nitrogens with two attached hydrogens (primary N) is 1. The minimum atomic E-state index is -4.04. The Hall–Kier alpha value is -3.23. The number of ether oxygens (including phenoxy) is 3. The van der Waals surface area contributed by atoms with E-state index >= 15 is 0 Å². The van der Waals surface area contributed by atoms with Crippen molar-refractivity contribution < 1.29 is 32.5 Å². The second-order valence-corrected chi connectivity index (χ2v) is 12.9. The Morgan fingerprint density at radius 3 is 2.76 bits per heavy atom. The summed E-state index contributed by atoms with van der Waals surface area (Å²) in [6.07, 6.45) is -1.78. The molecule has 2 aliphatic rings. The van der Waals surface area contributed by atoms with Gasteiger partial charge in [-0.05, 0) is 42.5 Å². The van der Waals surface area contributed by atoms with Crippen molar-refractivity contribution in [3.05, 3.63) is 54.1 Å². The van der Waals surface area contributed by atoms with Crippen molar-refractivity contribution >= 4 is 32.8 Å². The molecular weight excluding hydrogens is 550 g/mol. The largest absolute Gasteiger partial charge is 0.443 e. The van der Waals surface area contributed by atoms with E-state index in [1.807, 2.05) is 44.2 Å². The van der Waals surface area contributed by atoms with Crippen LogP contribution in [0.1, 0.15) is 25.8 Å². The molecule has 0 saturated carbocycles. The number of nitrogens with one attached hydrogen (secondary N) is 2. The summed E-state index contributed by atoms with van der Waals surface area (Å²) in [5, 5.41) is 21.4. The first kappa shape index (κ1) is 29.3. The summed E-state index contributed by atoms with van der Waals surface area (Å²) in [5.74, 6) is 0.127. The number of aliphatic hydroxyl groups is 1. The lowest BCUT2D eigenvalue weighted by Crippen LogP contribution is -2.51. The minimum Gasteiger partial charge on any atom is -0.443 e. The third kappa shape index (κ3) is 6.65. The molecule has 5 N–H and O–H groups in total. The Balaban J connectivity index is 1.35. The predicted octanol–water partition coefficient (Wildman–Crippen LogP) is 2.25. The first-order valence-corrected chi connectivity index (χ1v) is 15.2. The summed E-state index contributed by atoms with van der Waals surface area (Å²) in [5.41, 5.74) is 7.40. The molecule has 2 fully saturated rings. The number of hydrogen-bond donors (Lipinski definition) is 4. The molecule has 13 heteroatoms. The van der Waals surface area contributed by atoms with Gasteiger partial charge >= 0.3 is 6.09 Å². The first-order valence-electron chi connectivity index (χ1n) is 13.8. The third-order valence-corrected chi connectivity index (χ3v) is 9.30. The molecule has 5 rings (SSSR count). The number of aromatic nitrogens is 2. The summed E-state index contributed by atoms with van der Waals surface area (Å²) >= 11 is 0. The number of amides is 1. The van der Waals surface area contributed by atoms with Crippen LogP contribution < -0.4 is 11.1 Å². The Kier molecular flexibility index (Phi) is 8.80. The normalized spacial score (nSPS) is 22.2. The molecule has 41 heavy (non-hydrogen) atoms. The molecule has 0 radical (unpaired) electrons. The number of carbonyl (C=O) groups excluding carboxylic acids is 1. The fourth-order valence-corrected chi connectivity index (χ4v) is 7.01. The zero-order valence-corrected chi connectivity index (χ0v) is 23.9. The fourth-order valence-electron chi connectivity index (χ4n) is 5.36. The van der Waals surface area contributed by atoms with Gasteiger partial charge in [0, 0.05) is 18.5 Å². The zero-order valence-electron chi connectivity index (χ0n) is 23.1. The van der Waals surface area contributed by atoms with Crippen LogP contribution in [0.15, 0.2) is 53.4 Å². The highest BCUT2D eigenvalue weighted by Crippen LogP contribution is 2.33. The summed E-state index contributed by atoms with van der Waals surface area (Å²) in [7, 11) is -4.04. The number of carbonyl (C=O) groups is 1. The molecule has 0 aliphatic carbocycles. The van der Waals surface area contributed by atoms with Gasteiger partial charge in [-0.3, -0.25) is 5.10 Å². The van der Waals surface area contributed by atoms with E-state index in [-0.39, 0.29) is 55.0 Å². The Bertz CT molecular complexity index is 1450. The third-order valence-electron chi connectivity index (χ3n) is 7.47. The lowest BCUT2D eigenvalue weighted by molar-refractivity contribution is -0.0907. The van der Waals surface area contributed by atoms with E-state index in [1.54, 1.807) is 6.07 Å². The van der Waals surface area contributed by atoms with Crippen LogP contribution in [-0.4, -0.2) is 85.0 Å². The molecule has 1 aromatic heterocycles. The number of fused-ring (bicyclic) bond motifs is 2. The maximum Gasteiger partial charge on any atom is 0.407 e. The van der Waals surface area contributed by atoms with Gasteiger partial charge in [0.25, 0.3) is 0 Å². The number of rotatable bonds is 11. The number of benzene rings is 2. The molecule has 5 atom stereocenters. The van der Waals surface area contributed by atoms with Crippen molar-refractivity contribution in [2.75, 3.05) is 32.0 Å². The molecule has 0 bridgehead atoms. The Morgan fingerprint density at radius 1 is 1.22 bits per heavy atom. The number of aliphatic hydroxyl groups excluding tert-OH is 1. The standard InChI is InChI=1S/C28H37N5O7S/c1-17(2)14-33(41(36,37)19-8-9-22-21(13-19)26(29)32-31-22)15-24(34)23(12-18-6-4-3-5-7-18)30-28(35)40-25-16-39-27-20(25)10-11-38-27/h3-9,13,17,20,23-25,27,34H,10-12,14-16H2,1-2H3,(H,30,35)(H3,29,31,32)/t20?,23-,24+,25?,27+/m0/s1. The number of alkyl carbamates (subject to hydrolysis) is 1. The second-order valence-electron chi connectivity index (χ2n) is 11.0. The van der Waals surface area contributed by atoms with Crippen LogP contribution in [0.3, 0.4) is 0 Å². The van der Waals surface area contributed by atoms with Crippen LogP contribution in [-0.2, 0) is 30.7 Å². The molecule has 2 unspecified atom stereocenters. The summed E-state index contributed by atoms with van der Waals surface area (Å²) in [6, 6.07) is 13.1. The summed E-state index contributed by atoms with van der Waals surface area (Å²) in [6.45, 7) is 4.48. The maximum absolute atomic E-state index is 13.8. The molecule has 12 nitrogen and oxygen atoms in total. The van der Waals surface area contributed by atoms with Gasteiger partial charge in [-0.25, -0.2) is 13.2 Å². The van der Waals surface area contributed by atoms with Crippen molar-refractivity contribution in [3.63, 3.8) is 0 Å². The Morgan fingerprint density at radius 2 is 2.00 bits per heavy atom. The lowest BCUT2D eigenvalue weighted by atomic mass is 10.0. The van der Waals surface area contributed by atoms with Gasteiger partial charge in [-0.2, -0.15) is 9.40 Å². The van der Waals surface area contributed by atoms with Crippen molar-refractivity contribution in [1.82, 2.24) is 19.8 Å². The first-order chi connectivity index (χ1) is 19.6. The van der Waals surface area contributed by atoms with Crippen LogP contribution in [0, 0.1) is 11.8 Å².